The Kier molecular flexibility index (Phi) is 4.45. The molecular formula is C17H16ClN3O3S. The molecule has 0 unspecified atom stereocenters. The Bertz CT molecular complexity index is 1070. The molecule has 0 fully saturated rings. The highest BCUT2D eigenvalue weighted by Gasteiger charge is 2.17. The van der Waals surface area contributed by atoms with Crippen LogP contribution >= 0.6 is 11.6 Å². The first-order chi connectivity index (χ1) is 11.8. The van der Waals surface area contributed by atoms with Crippen molar-refractivity contribution in [2.45, 2.75) is 11.8 Å². The Labute approximate surface area is 150 Å². The summed E-state index contributed by atoms with van der Waals surface area (Å²) in [5.74, 6) is -0.241. The summed E-state index contributed by atoms with van der Waals surface area (Å²) in [6, 6.07) is 11.3. The average Bonchev–Trinajstić information content (AvgIpc) is 2.96. The third-order valence-electron chi connectivity index (χ3n) is 3.77. The third kappa shape index (κ3) is 3.47. The number of carbonyl (C=O) groups excluding carboxylic acids is 1. The monoisotopic (exact) mass is 377 g/mol. The van der Waals surface area contributed by atoms with E-state index in [0.717, 1.165) is 10.9 Å². The summed E-state index contributed by atoms with van der Waals surface area (Å²) in [7, 11) is -2.20. The number of aryl methyl sites for hydroxylation is 1. The van der Waals surface area contributed by atoms with E-state index in [1.54, 1.807) is 44.3 Å². The number of carbonyl (C=O) groups is 1. The molecule has 0 spiro atoms. The molecule has 0 saturated heterocycles. The van der Waals surface area contributed by atoms with Crippen LogP contribution in [0, 0.1) is 6.92 Å². The topological polar surface area (TPSA) is 91.1 Å². The van der Waals surface area contributed by atoms with Gasteiger partial charge in [0.2, 0.25) is 0 Å². The van der Waals surface area contributed by atoms with Crippen molar-refractivity contribution in [3.63, 3.8) is 0 Å². The van der Waals surface area contributed by atoms with Crippen LogP contribution in [0.15, 0.2) is 47.4 Å². The molecule has 0 aliphatic rings. The van der Waals surface area contributed by atoms with Crippen LogP contribution in [0.25, 0.3) is 10.9 Å². The van der Waals surface area contributed by atoms with Crippen LogP contribution in [-0.4, -0.2) is 26.4 Å². The average molecular weight is 378 g/mol. The number of aromatic amines is 1. The van der Waals surface area contributed by atoms with Gasteiger partial charge in [0.25, 0.3) is 15.9 Å². The number of H-pyrrole nitrogens is 1. The van der Waals surface area contributed by atoms with Gasteiger partial charge in [-0.25, -0.2) is 8.42 Å². The molecule has 130 valence electrons. The smallest absolute Gasteiger partial charge is 0.267 e. The van der Waals surface area contributed by atoms with Gasteiger partial charge in [0.1, 0.15) is 5.69 Å². The van der Waals surface area contributed by atoms with Gasteiger partial charge in [-0.15, -0.1) is 0 Å². The zero-order chi connectivity index (χ0) is 18.2. The van der Waals surface area contributed by atoms with E-state index >= 15 is 0 Å². The molecule has 1 amide bonds. The minimum absolute atomic E-state index is 0.164. The second-order valence-corrected chi connectivity index (χ2v) is 7.67. The van der Waals surface area contributed by atoms with Gasteiger partial charge in [0, 0.05) is 28.7 Å². The number of halogens is 1. The second-order valence-electron chi connectivity index (χ2n) is 5.58. The highest BCUT2D eigenvalue weighted by molar-refractivity contribution is 7.92. The van der Waals surface area contributed by atoms with Crippen LogP contribution in [0.3, 0.4) is 0 Å². The van der Waals surface area contributed by atoms with Crippen LogP contribution in [0.2, 0.25) is 5.02 Å². The lowest BCUT2D eigenvalue weighted by atomic mass is 10.2. The lowest BCUT2D eigenvalue weighted by Crippen LogP contribution is -2.17. The summed E-state index contributed by atoms with van der Waals surface area (Å²) >= 11 is 5.88. The first-order valence-corrected chi connectivity index (χ1v) is 9.30. The summed E-state index contributed by atoms with van der Waals surface area (Å²) in [6.07, 6.45) is 0. The lowest BCUT2D eigenvalue weighted by molar-refractivity contribution is 0.0959. The van der Waals surface area contributed by atoms with Gasteiger partial charge in [-0.2, -0.15) is 0 Å². The van der Waals surface area contributed by atoms with Gasteiger partial charge in [-0.3, -0.25) is 9.52 Å². The molecule has 0 aliphatic heterocycles. The van der Waals surface area contributed by atoms with Crippen molar-refractivity contribution >= 4 is 44.1 Å². The summed E-state index contributed by atoms with van der Waals surface area (Å²) < 4.78 is 27.8. The van der Waals surface area contributed by atoms with E-state index in [1.807, 2.05) is 0 Å². The maximum absolute atomic E-state index is 12.6. The van der Waals surface area contributed by atoms with E-state index in [1.165, 1.54) is 12.1 Å². The molecule has 0 radical (unpaired) electrons. The molecule has 1 heterocycles. The van der Waals surface area contributed by atoms with E-state index in [9.17, 15) is 13.2 Å². The van der Waals surface area contributed by atoms with Crippen molar-refractivity contribution in [1.29, 1.82) is 0 Å². The zero-order valence-corrected chi connectivity index (χ0v) is 15.1. The first kappa shape index (κ1) is 17.3. The predicted octanol–water partition coefficient (Wildman–Crippen LogP) is 3.29. The first-order valence-electron chi connectivity index (χ1n) is 7.44. The molecule has 0 bridgehead atoms. The van der Waals surface area contributed by atoms with Gasteiger partial charge in [-0.05, 0) is 55.0 Å². The zero-order valence-electron chi connectivity index (χ0n) is 13.6. The molecular weight excluding hydrogens is 362 g/mol. The predicted molar refractivity (Wildman–Crippen MR) is 98.7 cm³/mol. The fourth-order valence-electron chi connectivity index (χ4n) is 2.58. The molecule has 0 saturated carbocycles. The number of nitrogens with one attached hydrogen (secondary N) is 3. The molecule has 3 N–H and O–H groups in total. The number of sulfonamides is 1. The number of amides is 1. The van der Waals surface area contributed by atoms with Gasteiger partial charge in [0.15, 0.2) is 0 Å². The van der Waals surface area contributed by atoms with Crippen molar-refractivity contribution in [2.24, 2.45) is 0 Å². The van der Waals surface area contributed by atoms with Crippen molar-refractivity contribution < 1.29 is 13.2 Å². The minimum atomic E-state index is -3.74. The molecule has 6 nitrogen and oxygen atoms in total. The number of hydrogen-bond donors (Lipinski definition) is 3. The quantitative estimate of drug-likeness (QED) is 0.651. The number of benzene rings is 2. The standard InChI is InChI=1S/C17H16ClN3O3S/c1-10-7-12(18)3-6-16(10)25(23,24)21-13-4-5-14-11(8-13)9-15(20-14)17(22)19-2/h3-9,20-21H,1-2H3,(H,19,22). The number of rotatable bonds is 4. The third-order valence-corrected chi connectivity index (χ3v) is 5.55. The van der Waals surface area contributed by atoms with Gasteiger partial charge < -0.3 is 10.3 Å². The number of anilines is 1. The van der Waals surface area contributed by atoms with Gasteiger partial charge in [0.05, 0.1) is 4.90 Å². The summed E-state index contributed by atoms with van der Waals surface area (Å²) in [4.78, 5) is 14.8. The van der Waals surface area contributed by atoms with Gasteiger partial charge >= 0.3 is 0 Å². The Hall–Kier alpha value is -2.51. The molecule has 1 aromatic heterocycles. The maximum Gasteiger partial charge on any atom is 0.267 e. The van der Waals surface area contributed by atoms with Gasteiger partial charge in [-0.1, -0.05) is 11.6 Å². The Morgan fingerprint density at radius 3 is 2.56 bits per heavy atom. The second kappa shape index (κ2) is 6.42. The van der Waals surface area contributed by atoms with Crippen molar-refractivity contribution in [3.8, 4) is 0 Å². The van der Waals surface area contributed by atoms with Crippen LogP contribution < -0.4 is 10.0 Å². The minimum Gasteiger partial charge on any atom is -0.354 e. The maximum atomic E-state index is 12.6. The van der Waals surface area contributed by atoms with Crippen LogP contribution in [-0.2, 0) is 10.0 Å². The number of hydrogen-bond acceptors (Lipinski definition) is 3. The molecule has 3 aromatic rings. The highest BCUT2D eigenvalue weighted by atomic mass is 35.5. The van der Waals surface area contributed by atoms with E-state index in [-0.39, 0.29) is 10.8 Å². The molecule has 8 heteroatoms. The van der Waals surface area contributed by atoms with Crippen LogP contribution in [0.1, 0.15) is 16.1 Å². The van der Waals surface area contributed by atoms with E-state index in [0.29, 0.717) is 22.0 Å². The van der Waals surface area contributed by atoms with Crippen molar-refractivity contribution in [2.75, 3.05) is 11.8 Å². The number of fused-ring (bicyclic) bond motifs is 1. The van der Waals surface area contributed by atoms with E-state index < -0.39 is 10.0 Å². The fourth-order valence-corrected chi connectivity index (χ4v) is 4.08. The molecule has 0 aliphatic carbocycles. The summed E-state index contributed by atoms with van der Waals surface area (Å²) in [5.41, 5.74) is 2.12. The Balaban J connectivity index is 1.95. The van der Waals surface area contributed by atoms with E-state index in [2.05, 4.69) is 15.0 Å². The highest BCUT2D eigenvalue weighted by Crippen LogP contribution is 2.25. The van der Waals surface area contributed by atoms with Crippen molar-refractivity contribution in [1.82, 2.24) is 10.3 Å². The largest absolute Gasteiger partial charge is 0.354 e. The normalized spacial score (nSPS) is 11.5. The lowest BCUT2D eigenvalue weighted by Gasteiger charge is -2.10. The van der Waals surface area contributed by atoms with Crippen LogP contribution in [0.4, 0.5) is 5.69 Å². The van der Waals surface area contributed by atoms with Crippen molar-refractivity contribution in [3.05, 3.63) is 58.7 Å². The SMILES string of the molecule is CNC(=O)c1cc2cc(NS(=O)(=O)c3ccc(Cl)cc3C)ccc2[nH]1. The number of aromatic nitrogens is 1. The summed E-state index contributed by atoms with van der Waals surface area (Å²) in [6.45, 7) is 1.69. The Morgan fingerprint density at radius 1 is 1.12 bits per heavy atom. The van der Waals surface area contributed by atoms with Crippen LogP contribution in [0.5, 0.6) is 0 Å². The summed E-state index contributed by atoms with van der Waals surface area (Å²) in [5, 5.41) is 3.74. The fraction of sp³-hybridized carbons (Fsp3) is 0.118. The molecule has 25 heavy (non-hydrogen) atoms. The molecule has 2 aromatic carbocycles. The Morgan fingerprint density at radius 2 is 1.88 bits per heavy atom. The van der Waals surface area contributed by atoms with E-state index in [4.69, 9.17) is 11.6 Å². The molecule has 3 rings (SSSR count). The molecule has 0 atom stereocenters.